The van der Waals surface area contributed by atoms with Gasteiger partial charge in [-0.15, -0.1) is 11.3 Å². The lowest BCUT2D eigenvalue weighted by Crippen LogP contribution is -2.38. The summed E-state index contributed by atoms with van der Waals surface area (Å²) in [7, 11) is 1.56. The third kappa shape index (κ3) is 3.29. The number of nitriles is 1. The van der Waals surface area contributed by atoms with Gasteiger partial charge in [0.2, 0.25) is 0 Å². The van der Waals surface area contributed by atoms with Crippen molar-refractivity contribution in [2.75, 3.05) is 57.6 Å². The SMILES string of the molecule is COc1c(NCCN2CCOCC2)sc(C#N)c1N. The summed E-state index contributed by atoms with van der Waals surface area (Å²) in [6, 6.07) is 2.08. The molecule has 0 amide bonds. The molecule has 1 saturated heterocycles. The molecule has 1 aliphatic rings. The first-order valence-corrected chi connectivity index (χ1v) is 6.98. The highest BCUT2D eigenvalue weighted by Crippen LogP contribution is 2.41. The van der Waals surface area contributed by atoms with Crippen molar-refractivity contribution in [1.29, 1.82) is 5.26 Å². The summed E-state index contributed by atoms with van der Waals surface area (Å²) >= 11 is 1.33. The van der Waals surface area contributed by atoms with Crippen LogP contribution in [0.1, 0.15) is 4.88 Å². The molecule has 1 aromatic heterocycles. The summed E-state index contributed by atoms with van der Waals surface area (Å²) in [6.45, 7) is 5.26. The van der Waals surface area contributed by atoms with E-state index in [9.17, 15) is 0 Å². The number of hydrogen-bond donors (Lipinski definition) is 2. The number of rotatable bonds is 5. The Hall–Kier alpha value is -1.49. The van der Waals surface area contributed by atoms with Gasteiger partial charge in [0, 0.05) is 26.2 Å². The zero-order valence-electron chi connectivity index (χ0n) is 10.9. The second-order valence-corrected chi connectivity index (χ2v) is 5.22. The van der Waals surface area contributed by atoms with Crippen LogP contribution in [0.3, 0.4) is 0 Å². The molecule has 0 spiro atoms. The van der Waals surface area contributed by atoms with Crippen molar-refractivity contribution in [1.82, 2.24) is 4.90 Å². The van der Waals surface area contributed by atoms with Gasteiger partial charge in [-0.1, -0.05) is 0 Å². The van der Waals surface area contributed by atoms with Crippen LogP contribution in [0.2, 0.25) is 0 Å². The lowest BCUT2D eigenvalue weighted by atomic mass is 10.3. The Labute approximate surface area is 116 Å². The molecule has 7 heteroatoms. The first-order valence-electron chi connectivity index (χ1n) is 6.16. The summed E-state index contributed by atoms with van der Waals surface area (Å²) in [5.74, 6) is 0.573. The molecule has 1 aliphatic heterocycles. The second kappa shape index (κ2) is 6.61. The molecular weight excluding hydrogens is 264 g/mol. The van der Waals surface area contributed by atoms with E-state index in [1.807, 2.05) is 0 Å². The predicted octanol–water partition coefficient (Wildman–Crippen LogP) is 0.955. The number of nitrogens with two attached hydrogens (primary N) is 1. The van der Waals surface area contributed by atoms with E-state index in [1.54, 1.807) is 7.11 Å². The van der Waals surface area contributed by atoms with Gasteiger partial charge in [0.1, 0.15) is 21.6 Å². The van der Waals surface area contributed by atoms with Crippen molar-refractivity contribution in [3.63, 3.8) is 0 Å². The zero-order chi connectivity index (χ0) is 13.7. The van der Waals surface area contributed by atoms with Crippen molar-refractivity contribution >= 4 is 22.0 Å². The maximum atomic E-state index is 8.96. The van der Waals surface area contributed by atoms with E-state index in [1.165, 1.54) is 11.3 Å². The molecule has 6 nitrogen and oxygen atoms in total. The molecule has 0 radical (unpaired) electrons. The van der Waals surface area contributed by atoms with Gasteiger partial charge in [0.25, 0.3) is 0 Å². The second-order valence-electron chi connectivity index (χ2n) is 4.20. The molecule has 2 rings (SSSR count). The Kier molecular flexibility index (Phi) is 4.85. The van der Waals surface area contributed by atoms with Crippen LogP contribution in [0.4, 0.5) is 10.7 Å². The third-order valence-corrected chi connectivity index (χ3v) is 4.07. The van der Waals surface area contributed by atoms with Crippen molar-refractivity contribution in [3.05, 3.63) is 4.88 Å². The number of thiophene rings is 1. The van der Waals surface area contributed by atoms with E-state index in [-0.39, 0.29) is 0 Å². The summed E-state index contributed by atoms with van der Waals surface area (Å²) < 4.78 is 10.5. The standard InChI is InChI=1S/C12H18N4O2S/c1-17-11-10(14)9(8-13)19-12(11)15-2-3-16-4-6-18-7-5-16/h15H,2-7,14H2,1H3. The molecule has 0 atom stereocenters. The number of morpholine rings is 1. The molecule has 0 bridgehead atoms. The van der Waals surface area contributed by atoms with Crippen LogP contribution in [-0.2, 0) is 4.74 Å². The van der Waals surface area contributed by atoms with Crippen LogP contribution in [-0.4, -0.2) is 51.4 Å². The van der Waals surface area contributed by atoms with Crippen molar-refractivity contribution < 1.29 is 9.47 Å². The Balaban J connectivity index is 1.90. The summed E-state index contributed by atoms with van der Waals surface area (Å²) in [5.41, 5.74) is 6.26. The summed E-state index contributed by atoms with van der Waals surface area (Å²) in [5, 5.41) is 13.1. The molecule has 1 fully saturated rings. The number of nitrogen functional groups attached to an aromatic ring is 1. The Morgan fingerprint density at radius 2 is 2.26 bits per heavy atom. The van der Waals surface area contributed by atoms with Gasteiger partial charge in [-0.2, -0.15) is 5.26 Å². The number of anilines is 2. The fraction of sp³-hybridized carbons (Fsp3) is 0.583. The van der Waals surface area contributed by atoms with E-state index in [2.05, 4.69) is 16.3 Å². The zero-order valence-corrected chi connectivity index (χ0v) is 11.8. The van der Waals surface area contributed by atoms with Gasteiger partial charge < -0.3 is 20.5 Å². The smallest absolute Gasteiger partial charge is 0.177 e. The molecule has 1 aromatic rings. The van der Waals surface area contributed by atoms with Crippen LogP contribution in [0.5, 0.6) is 5.75 Å². The van der Waals surface area contributed by atoms with Crippen LogP contribution < -0.4 is 15.8 Å². The number of nitrogens with one attached hydrogen (secondary N) is 1. The number of nitrogens with zero attached hydrogens (tertiary/aromatic N) is 2. The normalized spacial score (nSPS) is 16.0. The van der Waals surface area contributed by atoms with Gasteiger partial charge in [-0.25, -0.2) is 0 Å². The van der Waals surface area contributed by atoms with Crippen LogP contribution >= 0.6 is 11.3 Å². The van der Waals surface area contributed by atoms with Crippen LogP contribution in [0.25, 0.3) is 0 Å². The predicted molar refractivity (Wildman–Crippen MR) is 75.7 cm³/mol. The molecule has 0 aromatic carbocycles. The average molecular weight is 282 g/mol. The van der Waals surface area contributed by atoms with Crippen molar-refractivity contribution in [2.24, 2.45) is 0 Å². The number of hydrogen-bond acceptors (Lipinski definition) is 7. The monoisotopic (exact) mass is 282 g/mol. The first kappa shape index (κ1) is 13.9. The van der Waals surface area contributed by atoms with Gasteiger partial charge in [-0.3, -0.25) is 4.90 Å². The maximum absolute atomic E-state index is 8.96. The number of ether oxygens (including phenoxy) is 2. The van der Waals surface area contributed by atoms with Crippen molar-refractivity contribution in [2.45, 2.75) is 0 Å². The fourth-order valence-electron chi connectivity index (χ4n) is 1.98. The number of methoxy groups -OCH3 is 1. The average Bonchev–Trinajstić information content (AvgIpc) is 2.75. The lowest BCUT2D eigenvalue weighted by molar-refractivity contribution is 0.0398. The van der Waals surface area contributed by atoms with Crippen molar-refractivity contribution in [3.8, 4) is 11.8 Å². The van der Waals surface area contributed by atoms with Crippen LogP contribution in [0.15, 0.2) is 0 Å². The Bertz CT molecular complexity index is 463. The minimum absolute atomic E-state index is 0.420. The van der Waals surface area contributed by atoms with E-state index < -0.39 is 0 Å². The topological polar surface area (TPSA) is 83.5 Å². The Morgan fingerprint density at radius 1 is 1.53 bits per heavy atom. The van der Waals surface area contributed by atoms with Crippen LogP contribution in [0, 0.1) is 11.3 Å². The van der Waals surface area contributed by atoms with Gasteiger partial charge in [0.15, 0.2) is 5.75 Å². The van der Waals surface area contributed by atoms with Gasteiger partial charge >= 0.3 is 0 Å². The lowest BCUT2D eigenvalue weighted by Gasteiger charge is -2.26. The third-order valence-electron chi connectivity index (χ3n) is 3.02. The molecule has 0 saturated carbocycles. The molecule has 0 aliphatic carbocycles. The highest BCUT2D eigenvalue weighted by molar-refractivity contribution is 7.17. The Morgan fingerprint density at radius 3 is 2.89 bits per heavy atom. The molecule has 104 valence electrons. The highest BCUT2D eigenvalue weighted by Gasteiger charge is 2.16. The largest absolute Gasteiger partial charge is 0.492 e. The van der Waals surface area contributed by atoms with E-state index >= 15 is 0 Å². The summed E-state index contributed by atoms with van der Waals surface area (Å²) in [6.07, 6.45) is 0. The fourth-order valence-corrected chi connectivity index (χ4v) is 2.90. The maximum Gasteiger partial charge on any atom is 0.177 e. The van der Waals surface area contributed by atoms with Gasteiger partial charge in [0.05, 0.1) is 20.3 Å². The molecule has 19 heavy (non-hydrogen) atoms. The van der Waals surface area contributed by atoms with Gasteiger partial charge in [-0.05, 0) is 0 Å². The highest BCUT2D eigenvalue weighted by atomic mass is 32.1. The van der Waals surface area contributed by atoms with E-state index in [4.69, 9.17) is 20.5 Å². The molecule has 2 heterocycles. The van der Waals surface area contributed by atoms with E-state index in [0.717, 1.165) is 44.4 Å². The molecule has 0 unspecified atom stereocenters. The minimum Gasteiger partial charge on any atom is -0.492 e. The summed E-state index contributed by atoms with van der Waals surface area (Å²) in [4.78, 5) is 2.83. The van der Waals surface area contributed by atoms with E-state index in [0.29, 0.717) is 16.3 Å². The minimum atomic E-state index is 0.420. The first-order chi connectivity index (χ1) is 9.26. The molecular formula is C12H18N4O2S. The molecule has 3 N–H and O–H groups in total. The quantitative estimate of drug-likeness (QED) is 0.836.